The normalized spacial score (nSPS) is 9.94. The Bertz CT molecular complexity index is 418. The fraction of sp³-hybridized carbons (Fsp3) is 0.273. The SMILES string of the molecule is COCC(=O)Nc1ccc(C(C)=O)c(Cl)c1. The van der Waals surface area contributed by atoms with Crippen molar-refractivity contribution in [1.82, 2.24) is 0 Å². The Labute approximate surface area is 98.5 Å². The van der Waals surface area contributed by atoms with Gasteiger partial charge in [0.1, 0.15) is 6.61 Å². The summed E-state index contributed by atoms with van der Waals surface area (Å²) in [5.74, 6) is -0.381. The molecule has 4 nitrogen and oxygen atoms in total. The zero-order valence-electron chi connectivity index (χ0n) is 9.04. The molecule has 0 spiro atoms. The molecule has 0 heterocycles. The Balaban J connectivity index is 2.81. The van der Waals surface area contributed by atoms with Crippen molar-refractivity contribution in [3.8, 4) is 0 Å². The largest absolute Gasteiger partial charge is 0.375 e. The molecular weight excluding hydrogens is 230 g/mol. The van der Waals surface area contributed by atoms with Gasteiger partial charge in [0.25, 0.3) is 0 Å². The van der Waals surface area contributed by atoms with E-state index in [9.17, 15) is 9.59 Å². The molecule has 5 heteroatoms. The van der Waals surface area contributed by atoms with Crippen LogP contribution in [0.3, 0.4) is 0 Å². The van der Waals surface area contributed by atoms with Gasteiger partial charge in [-0.15, -0.1) is 0 Å². The van der Waals surface area contributed by atoms with Crippen molar-refractivity contribution in [2.24, 2.45) is 0 Å². The lowest BCUT2D eigenvalue weighted by Crippen LogP contribution is -2.17. The maximum absolute atomic E-state index is 11.2. The number of hydrogen-bond donors (Lipinski definition) is 1. The minimum atomic E-state index is -0.269. The second-order valence-electron chi connectivity index (χ2n) is 3.23. The quantitative estimate of drug-likeness (QED) is 0.822. The highest BCUT2D eigenvalue weighted by Gasteiger charge is 2.07. The lowest BCUT2D eigenvalue weighted by Gasteiger charge is -2.06. The number of halogens is 1. The first-order chi connectivity index (χ1) is 7.54. The predicted octanol–water partition coefficient (Wildman–Crippen LogP) is 2.13. The molecule has 0 fully saturated rings. The van der Waals surface area contributed by atoms with Crippen molar-refractivity contribution in [2.45, 2.75) is 6.92 Å². The van der Waals surface area contributed by atoms with Crippen molar-refractivity contribution in [3.05, 3.63) is 28.8 Å². The summed E-state index contributed by atoms with van der Waals surface area (Å²) in [4.78, 5) is 22.3. The summed E-state index contributed by atoms with van der Waals surface area (Å²) in [7, 11) is 1.44. The number of hydrogen-bond acceptors (Lipinski definition) is 3. The molecule has 0 aliphatic carbocycles. The van der Waals surface area contributed by atoms with Crippen LogP contribution in [0.15, 0.2) is 18.2 Å². The van der Waals surface area contributed by atoms with Gasteiger partial charge in [0, 0.05) is 18.4 Å². The minimum absolute atomic E-state index is 0.0217. The predicted molar refractivity (Wildman–Crippen MR) is 62.0 cm³/mol. The Morgan fingerprint density at radius 3 is 2.62 bits per heavy atom. The summed E-state index contributed by atoms with van der Waals surface area (Å²) in [6, 6.07) is 4.73. The molecule has 0 bridgehead atoms. The van der Waals surface area contributed by atoms with Crippen LogP contribution in [0, 0.1) is 0 Å². The zero-order valence-corrected chi connectivity index (χ0v) is 9.80. The summed E-state index contributed by atoms with van der Waals surface area (Å²) >= 11 is 5.88. The maximum Gasteiger partial charge on any atom is 0.250 e. The first-order valence-electron chi connectivity index (χ1n) is 4.64. The first kappa shape index (κ1) is 12.7. The van der Waals surface area contributed by atoms with Crippen LogP contribution >= 0.6 is 11.6 Å². The third-order valence-electron chi connectivity index (χ3n) is 1.91. The molecular formula is C11H12ClNO3. The number of carbonyl (C=O) groups excluding carboxylic acids is 2. The van der Waals surface area contributed by atoms with E-state index in [0.717, 1.165) is 0 Å². The zero-order chi connectivity index (χ0) is 12.1. The molecule has 0 unspecified atom stereocenters. The summed E-state index contributed by atoms with van der Waals surface area (Å²) in [5.41, 5.74) is 0.975. The van der Waals surface area contributed by atoms with Gasteiger partial charge < -0.3 is 10.1 Å². The first-order valence-corrected chi connectivity index (χ1v) is 5.01. The number of amides is 1. The van der Waals surface area contributed by atoms with Crippen LogP contribution in [0.1, 0.15) is 17.3 Å². The average molecular weight is 242 g/mol. The van der Waals surface area contributed by atoms with Gasteiger partial charge in [-0.25, -0.2) is 0 Å². The van der Waals surface area contributed by atoms with Gasteiger partial charge in [-0.2, -0.15) is 0 Å². The summed E-state index contributed by atoms with van der Waals surface area (Å²) in [6.07, 6.45) is 0. The standard InChI is InChI=1S/C11H12ClNO3/c1-7(14)9-4-3-8(5-10(9)12)13-11(15)6-16-2/h3-5H,6H2,1-2H3,(H,13,15). The number of rotatable bonds is 4. The van der Waals surface area contributed by atoms with Crippen LogP contribution in [-0.4, -0.2) is 25.4 Å². The number of ketones is 1. The number of benzene rings is 1. The Kier molecular flexibility index (Phi) is 4.46. The van der Waals surface area contributed by atoms with E-state index in [1.807, 2.05) is 0 Å². The molecule has 0 aliphatic heterocycles. The van der Waals surface area contributed by atoms with E-state index in [0.29, 0.717) is 16.3 Å². The fourth-order valence-corrected chi connectivity index (χ4v) is 1.52. The van der Waals surface area contributed by atoms with E-state index in [2.05, 4.69) is 10.1 Å². The second-order valence-corrected chi connectivity index (χ2v) is 3.64. The van der Waals surface area contributed by atoms with Gasteiger partial charge in [-0.3, -0.25) is 9.59 Å². The number of ether oxygens (including phenoxy) is 1. The van der Waals surface area contributed by atoms with Gasteiger partial charge in [0.05, 0.1) is 5.02 Å². The average Bonchev–Trinajstić information content (AvgIpc) is 2.17. The molecule has 1 amide bonds. The van der Waals surface area contributed by atoms with E-state index >= 15 is 0 Å². The number of Topliss-reactive ketones (excluding diaryl/α,β-unsaturated/α-hetero) is 1. The third kappa shape index (κ3) is 3.32. The van der Waals surface area contributed by atoms with Gasteiger partial charge >= 0.3 is 0 Å². The molecule has 16 heavy (non-hydrogen) atoms. The van der Waals surface area contributed by atoms with Crippen molar-refractivity contribution < 1.29 is 14.3 Å². The van der Waals surface area contributed by atoms with Crippen LogP contribution in [-0.2, 0) is 9.53 Å². The topological polar surface area (TPSA) is 55.4 Å². The van der Waals surface area contributed by atoms with E-state index in [1.54, 1.807) is 12.1 Å². The lowest BCUT2D eigenvalue weighted by molar-refractivity contribution is -0.119. The van der Waals surface area contributed by atoms with Crippen molar-refractivity contribution in [3.63, 3.8) is 0 Å². The van der Waals surface area contributed by atoms with Gasteiger partial charge in [0.2, 0.25) is 5.91 Å². The smallest absolute Gasteiger partial charge is 0.250 e. The Morgan fingerprint density at radius 2 is 2.12 bits per heavy atom. The molecule has 1 aromatic carbocycles. The van der Waals surface area contributed by atoms with Crippen LogP contribution in [0.5, 0.6) is 0 Å². The van der Waals surface area contributed by atoms with Gasteiger partial charge in [0.15, 0.2) is 5.78 Å². The highest BCUT2D eigenvalue weighted by atomic mass is 35.5. The molecule has 0 aliphatic rings. The monoisotopic (exact) mass is 241 g/mol. The fourth-order valence-electron chi connectivity index (χ4n) is 1.21. The van der Waals surface area contributed by atoms with Crippen LogP contribution < -0.4 is 5.32 Å². The van der Waals surface area contributed by atoms with Crippen molar-refractivity contribution in [1.29, 1.82) is 0 Å². The van der Waals surface area contributed by atoms with E-state index in [1.165, 1.54) is 20.1 Å². The second kappa shape index (κ2) is 5.63. The van der Waals surface area contributed by atoms with Gasteiger partial charge in [-0.05, 0) is 25.1 Å². The molecule has 1 aromatic rings. The van der Waals surface area contributed by atoms with Crippen molar-refractivity contribution in [2.75, 3.05) is 19.0 Å². The number of carbonyl (C=O) groups is 2. The molecule has 86 valence electrons. The Morgan fingerprint density at radius 1 is 1.44 bits per heavy atom. The minimum Gasteiger partial charge on any atom is -0.375 e. The highest BCUT2D eigenvalue weighted by Crippen LogP contribution is 2.21. The van der Waals surface area contributed by atoms with E-state index in [4.69, 9.17) is 11.6 Å². The molecule has 1 rings (SSSR count). The van der Waals surface area contributed by atoms with Gasteiger partial charge in [-0.1, -0.05) is 11.6 Å². The van der Waals surface area contributed by atoms with Crippen molar-refractivity contribution >= 4 is 29.0 Å². The van der Waals surface area contributed by atoms with Crippen LogP contribution in [0.4, 0.5) is 5.69 Å². The summed E-state index contributed by atoms with van der Waals surface area (Å²) < 4.78 is 4.67. The molecule has 1 N–H and O–H groups in total. The molecule has 0 saturated carbocycles. The molecule has 0 atom stereocenters. The summed E-state index contributed by atoms with van der Waals surface area (Å²) in [5, 5.41) is 2.91. The van der Waals surface area contributed by atoms with Crippen LogP contribution in [0.2, 0.25) is 5.02 Å². The number of methoxy groups -OCH3 is 1. The Hall–Kier alpha value is -1.39. The van der Waals surface area contributed by atoms with E-state index in [-0.39, 0.29) is 18.3 Å². The number of nitrogens with one attached hydrogen (secondary N) is 1. The number of anilines is 1. The molecule has 0 aromatic heterocycles. The molecule has 0 radical (unpaired) electrons. The lowest BCUT2D eigenvalue weighted by atomic mass is 10.1. The maximum atomic E-state index is 11.2. The third-order valence-corrected chi connectivity index (χ3v) is 2.22. The van der Waals surface area contributed by atoms with E-state index < -0.39 is 0 Å². The van der Waals surface area contributed by atoms with Crippen LogP contribution in [0.25, 0.3) is 0 Å². The molecule has 0 saturated heterocycles. The summed E-state index contributed by atoms with van der Waals surface area (Å²) in [6.45, 7) is 1.41. The highest BCUT2D eigenvalue weighted by molar-refractivity contribution is 6.34.